The first-order chi connectivity index (χ1) is 9.70. The molecular formula is C16H23FN2O. The Balaban J connectivity index is 1.85. The maximum atomic E-state index is 14.0. The van der Waals surface area contributed by atoms with Crippen LogP contribution in [0, 0.1) is 11.7 Å². The van der Waals surface area contributed by atoms with Crippen LogP contribution in [0.5, 0.6) is 5.75 Å². The lowest BCUT2D eigenvalue weighted by molar-refractivity contribution is 0.132. The van der Waals surface area contributed by atoms with Crippen LogP contribution in [0.4, 0.5) is 4.39 Å². The molecule has 110 valence electrons. The number of fused-ring (bicyclic) bond motifs is 1. The number of halogens is 1. The highest BCUT2D eigenvalue weighted by Crippen LogP contribution is 2.36. The minimum Gasteiger partial charge on any atom is -0.496 e. The zero-order valence-electron chi connectivity index (χ0n) is 12.3. The number of hydrogen-bond acceptors (Lipinski definition) is 3. The predicted molar refractivity (Wildman–Crippen MR) is 77.8 cm³/mol. The summed E-state index contributed by atoms with van der Waals surface area (Å²) in [4.78, 5) is 2.44. The maximum absolute atomic E-state index is 14.0. The SMILES string of the molecule is COc1ccc(F)c2c1CC(C1CNCCN1C)CC2. The quantitative estimate of drug-likeness (QED) is 0.893. The second-order valence-electron chi connectivity index (χ2n) is 5.96. The molecule has 1 N–H and O–H groups in total. The smallest absolute Gasteiger partial charge is 0.126 e. The van der Waals surface area contributed by atoms with E-state index < -0.39 is 0 Å². The summed E-state index contributed by atoms with van der Waals surface area (Å²) in [6, 6.07) is 3.84. The van der Waals surface area contributed by atoms with Crippen LogP contribution in [0.15, 0.2) is 12.1 Å². The summed E-state index contributed by atoms with van der Waals surface area (Å²) < 4.78 is 19.4. The molecule has 2 aliphatic rings. The molecule has 0 bridgehead atoms. The van der Waals surface area contributed by atoms with Crippen molar-refractivity contribution < 1.29 is 9.13 Å². The third kappa shape index (κ3) is 2.42. The van der Waals surface area contributed by atoms with E-state index >= 15 is 0 Å². The summed E-state index contributed by atoms with van der Waals surface area (Å²) in [5.41, 5.74) is 1.95. The van der Waals surface area contributed by atoms with Crippen molar-refractivity contribution in [3.63, 3.8) is 0 Å². The van der Waals surface area contributed by atoms with Gasteiger partial charge in [0.05, 0.1) is 7.11 Å². The molecule has 0 amide bonds. The molecule has 1 aromatic rings. The lowest BCUT2D eigenvalue weighted by Gasteiger charge is -2.40. The van der Waals surface area contributed by atoms with Gasteiger partial charge in [0.25, 0.3) is 0 Å². The number of rotatable bonds is 2. The van der Waals surface area contributed by atoms with E-state index in [4.69, 9.17) is 4.74 Å². The number of piperazine rings is 1. The summed E-state index contributed by atoms with van der Waals surface area (Å²) in [6.07, 6.45) is 2.81. The Morgan fingerprint density at radius 1 is 1.35 bits per heavy atom. The number of ether oxygens (including phenoxy) is 1. The Kier molecular flexibility index (Phi) is 3.94. The normalized spacial score (nSPS) is 27.1. The van der Waals surface area contributed by atoms with E-state index in [1.165, 1.54) is 6.07 Å². The van der Waals surface area contributed by atoms with Crippen molar-refractivity contribution in [3.8, 4) is 5.75 Å². The van der Waals surface area contributed by atoms with Crippen LogP contribution in [-0.4, -0.2) is 44.7 Å². The fourth-order valence-corrected chi connectivity index (χ4v) is 3.70. The standard InChI is InChI=1S/C16H23FN2O/c1-19-8-7-18-10-15(19)11-3-4-12-13(9-11)16(20-2)6-5-14(12)17/h5-6,11,15,18H,3-4,7-10H2,1-2H3. The largest absolute Gasteiger partial charge is 0.496 e. The van der Waals surface area contributed by atoms with E-state index in [1.807, 2.05) is 0 Å². The van der Waals surface area contributed by atoms with Gasteiger partial charge in [-0.3, -0.25) is 0 Å². The number of likely N-dealkylation sites (N-methyl/N-ethyl adjacent to an activating group) is 1. The zero-order chi connectivity index (χ0) is 14.1. The lowest BCUT2D eigenvalue weighted by Crippen LogP contribution is -2.53. The van der Waals surface area contributed by atoms with E-state index in [2.05, 4.69) is 17.3 Å². The van der Waals surface area contributed by atoms with E-state index in [0.29, 0.717) is 12.0 Å². The fraction of sp³-hybridized carbons (Fsp3) is 0.625. The van der Waals surface area contributed by atoms with Crippen LogP contribution >= 0.6 is 0 Å². The molecule has 1 aliphatic carbocycles. The van der Waals surface area contributed by atoms with Gasteiger partial charge < -0.3 is 15.0 Å². The molecule has 0 radical (unpaired) electrons. The van der Waals surface area contributed by atoms with Crippen molar-refractivity contribution in [1.29, 1.82) is 0 Å². The van der Waals surface area contributed by atoms with Crippen molar-refractivity contribution in [2.75, 3.05) is 33.8 Å². The van der Waals surface area contributed by atoms with Gasteiger partial charge in [-0.1, -0.05) is 0 Å². The summed E-state index contributed by atoms with van der Waals surface area (Å²) in [6.45, 7) is 3.19. The summed E-state index contributed by atoms with van der Waals surface area (Å²) in [5, 5.41) is 3.48. The van der Waals surface area contributed by atoms with Crippen molar-refractivity contribution in [1.82, 2.24) is 10.2 Å². The molecule has 2 unspecified atom stereocenters. The van der Waals surface area contributed by atoms with E-state index in [1.54, 1.807) is 13.2 Å². The zero-order valence-corrected chi connectivity index (χ0v) is 12.3. The van der Waals surface area contributed by atoms with Gasteiger partial charge in [0, 0.05) is 31.2 Å². The van der Waals surface area contributed by atoms with E-state index in [0.717, 1.165) is 55.8 Å². The lowest BCUT2D eigenvalue weighted by atomic mass is 9.78. The average molecular weight is 278 g/mol. The van der Waals surface area contributed by atoms with Crippen LogP contribution < -0.4 is 10.1 Å². The number of nitrogens with zero attached hydrogens (tertiary/aromatic N) is 1. The molecule has 0 saturated carbocycles. The molecule has 1 fully saturated rings. The highest BCUT2D eigenvalue weighted by molar-refractivity contribution is 5.43. The number of hydrogen-bond donors (Lipinski definition) is 1. The molecule has 2 atom stereocenters. The van der Waals surface area contributed by atoms with Gasteiger partial charge in [0.15, 0.2) is 0 Å². The Morgan fingerprint density at radius 2 is 2.20 bits per heavy atom. The van der Waals surface area contributed by atoms with Gasteiger partial charge in [0.1, 0.15) is 11.6 Å². The molecule has 1 heterocycles. The molecule has 4 heteroatoms. The number of benzene rings is 1. The summed E-state index contributed by atoms with van der Waals surface area (Å²) in [7, 11) is 3.87. The van der Waals surface area contributed by atoms with Gasteiger partial charge >= 0.3 is 0 Å². The second-order valence-corrected chi connectivity index (χ2v) is 5.96. The Morgan fingerprint density at radius 3 is 2.95 bits per heavy atom. The van der Waals surface area contributed by atoms with Gasteiger partial charge in [-0.15, -0.1) is 0 Å². The van der Waals surface area contributed by atoms with Crippen LogP contribution in [-0.2, 0) is 12.8 Å². The average Bonchev–Trinajstić information content (AvgIpc) is 2.48. The molecular weight excluding hydrogens is 255 g/mol. The maximum Gasteiger partial charge on any atom is 0.126 e. The molecule has 3 rings (SSSR count). The third-order valence-corrected chi connectivity index (χ3v) is 4.89. The summed E-state index contributed by atoms with van der Waals surface area (Å²) in [5.74, 6) is 1.35. The van der Waals surface area contributed by atoms with Crippen LogP contribution in [0.25, 0.3) is 0 Å². The van der Waals surface area contributed by atoms with Crippen molar-refractivity contribution in [2.24, 2.45) is 5.92 Å². The first kappa shape index (κ1) is 13.8. The molecule has 1 aromatic carbocycles. The fourth-order valence-electron chi connectivity index (χ4n) is 3.70. The number of nitrogens with one attached hydrogen (secondary N) is 1. The first-order valence-corrected chi connectivity index (χ1v) is 7.46. The van der Waals surface area contributed by atoms with E-state index in [-0.39, 0.29) is 5.82 Å². The second kappa shape index (κ2) is 5.70. The van der Waals surface area contributed by atoms with E-state index in [9.17, 15) is 4.39 Å². The molecule has 0 aromatic heterocycles. The monoisotopic (exact) mass is 278 g/mol. The van der Waals surface area contributed by atoms with Crippen LogP contribution in [0.1, 0.15) is 17.5 Å². The molecule has 3 nitrogen and oxygen atoms in total. The van der Waals surface area contributed by atoms with Crippen molar-refractivity contribution >= 4 is 0 Å². The van der Waals surface area contributed by atoms with Gasteiger partial charge in [0.2, 0.25) is 0 Å². The molecule has 0 spiro atoms. The third-order valence-electron chi connectivity index (χ3n) is 4.89. The topological polar surface area (TPSA) is 24.5 Å². The molecule has 20 heavy (non-hydrogen) atoms. The van der Waals surface area contributed by atoms with Crippen LogP contribution in [0.3, 0.4) is 0 Å². The summed E-state index contributed by atoms with van der Waals surface area (Å²) >= 11 is 0. The van der Waals surface area contributed by atoms with Crippen molar-refractivity contribution in [3.05, 3.63) is 29.1 Å². The molecule has 1 saturated heterocycles. The first-order valence-electron chi connectivity index (χ1n) is 7.46. The van der Waals surface area contributed by atoms with Gasteiger partial charge in [-0.2, -0.15) is 0 Å². The highest BCUT2D eigenvalue weighted by Gasteiger charge is 2.32. The van der Waals surface area contributed by atoms with Gasteiger partial charge in [-0.25, -0.2) is 4.39 Å². The Hall–Kier alpha value is -1.13. The van der Waals surface area contributed by atoms with Crippen LogP contribution in [0.2, 0.25) is 0 Å². The minimum atomic E-state index is -0.0747. The predicted octanol–water partition coefficient (Wildman–Crippen LogP) is 1.84. The number of methoxy groups -OCH3 is 1. The Labute approximate surface area is 120 Å². The highest BCUT2D eigenvalue weighted by atomic mass is 19.1. The Bertz CT molecular complexity index is 492. The van der Waals surface area contributed by atoms with Gasteiger partial charge in [-0.05, 0) is 49.9 Å². The minimum absolute atomic E-state index is 0.0747. The molecule has 1 aliphatic heterocycles. The van der Waals surface area contributed by atoms with Crippen molar-refractivity contribution in [2.45, 2.75) is 25.3 Å².